The molecule has 2 heterocycles. The number of hydrogen-bond acceptors (Lipinski definition) is 6. The van der Waals surface area contributed by atoms with Crippen molar-refractivity contribution in [1.82, 2.24) is 5.32 Å². The number of nitro benzene ring substituents is 1. The van der Waals surface area contributed by atoms with E-state index >= 15 is 0 Å². The van der Waals surface area contributed by atoms with Crippen molar-refractivity contribution in [3.63, 3.8) is 0 Å². The van der Waals surface area contributed by atoms with Gasteiger partial charge in [-0.25, -0.2) is 0 Å². The zero-order valence-corrected chi connectivity index (χ0v) is 17.9. The highest BCUT2D eigenvalue weighted by molar-refractivity contribution is 7.80. The monoisotopic (exact) mass is 447 g/mol. The quantitative estimate of drug-likeness (QED) is 0.210. The van der Waals surface area contributed by atoms with Crippen molar-refractivity contribution in [3.8, 4) is 11.3 Å². The lowest BCUT2D eigenvalue weighted by Gasteiger charge is -2.28. The Bertz CT molecular complexity index is 1310. The van der Waals surface area contributed by atoms with Gasteiger partial charge in [-0.1, -0.05) is 17.7 Å². The molecule has 0 spiro atoms. The topological polar surface area (TPSA) is 106 Å². The first kappa shape index (κ1) is 21.1. The third-order valence-electron chi connectivity index (χ3n) is 4.99. The molecular weight excluding hydrogens is 430 g/mol. The first-order valence-electron chi connectivity index (χ1n) is 9.58. The number of thiocarbonyl (C=S) groups is 1. The molecule has 32 heavy (non-hydrogen) atoms. The van der Waals surface area contributed by atoms with Gasteiger partial charge in [0.15, 0.2) is 5.11 Å². The average molecular weight is 447 g/mol. The number of carbonyl (C=O) groups is 2. The minimum Gasteiger partial charge on any atom is -0.457 e. The van der Waals surface area contributed by atoms with Gasteiger partial charge in [0.1, 0.15) is 17.1 Å². The van der Waals surface area contributed by atoms with E-state index in [1.54, 1.807) is 37.3 Å². The van der Waals surface area contributed by atoms with Crippen LogP contribution < -0.4 is 10.2 Å². The molecule has 1 fully saturated rings. The Morgan fingerprint density at radius 1 is 1.06 bits per heavy atom. The number of benzene rings is 2. The van der Waals surface area contributed by atoms with E-state index < -0.39 is 16.7 Å². The van der Waals surface area contributed by atoms with Crippen LogP contribution in [0.1, 0.15) is 16.9 Å². The van der Waals surface area contributed by atoms with Gasteiger partial charge in [-0.05, 0) is 68.0 Å². The Balaban J connectivity index is 1.66. The molecule has 2 aromatic carbocycles. The maximum absolute atomic E-state index is 13.1. The molecule has 4 rings (SSSR count). The summed E-state index contributed by atoms with van der Waals surface area (Å²) >= 11 is 5.20. The maximum atomic E-state index is 13.1. The number of nitrogens with zero attached hydrogens (tertiary/aromatic N) is 2. The molecular formula is C23H17N3O5S. The van der Waals surface area contributed by atoms with Crippen molar-refractivity contribution in [3.05, 3.63) is 87.2 Å². The Morgan fingerprint density at radius 2 is 1.78 bits per heavy atom. The molecule has 1 N–H and O–H groups in total. The first-order valence-corrected chi connectivity index (χ1v) is 9.99. The van der Waals surface area contributed by atoms with Crippen LogP contribution >= 0.6 is 12.2 Å². The third-order valence-corrected chi connectivity index (χ3v) is 5.28. The summed E-state index contributed by atoms with van der Waals surface area (Å²) in [7, 11) is 0. The van der Waals surface area contributed by atoms with E-state index in [9.17, 15) is 19.7 Å². The van der Waals surface area contributed by atoms with E-state index in [0.717, 1.165) is 5.56 Å². The second-order valence-electron chi connectivity index (χ2n) is 7.25. The van der Waals surface area contributed by atoms with Gasteiger partial charge in [0, 0.05) is 17.7 Å². The van der Waals surface area contributed by atoms with Crippen molar-refractivity contribution >= 4 is 46.6 Å². The van der Waals surface area contributed by atoms with E-state index in [2.05, 4.69) is 5.32 Å². The number of amides is 2. The van der Waals surface area contributed by atoms with Crippen LogP contribution in [-0.2, 0) is 9.59 Å². The predicted octanol–water partition coefficient (Wildman–Crippen LogP) is 4.30. The van der Waals surface area contributed by atoms with Crippen molar-refractivity contribution in [2.45, 2.75) is 13.8 Å². The molecule has 0 atom stereocenters. The molecule has 1 aromatic heterocycles. The SMILES string of the molecule is Cc1ccc(N2C(=O)/C(=C\c3ccc(-c4ccc([N+](=O)[O-])cc4C)o3)C(=O)NC2=S)cc1. The maximum Gasteiger partial charge on any atom is 0.270 e. The highest BCUT2D eigenvalue weighted by atomic mass is 32.1. The predicted molar refractivity (Wildman–Crippen MR) is 123 cm³/mol. The summed E-state index contributed by atoms with van der Waals surface area (Å²) in [5, 5.41) is 13.5. The normalized spacial score (nSPS) is 15.2. The van der Waals surface area contributed by atoms with Crippen LogP contribution in [0.15, 0.2) is 64.6 Å². The van der Waals surface area contributed by atoms with Gasteiger partial charge in [0.05, 0.1) is 10.6 Å². The summed E-state index contributed by atoms with van der Waals surface area (Å²) in [6.45, 7) is 3.66. The average Bonchev–Trinajstić information content (AvgIpc) is 3.20. The molecule has 0 aliphatic carbocycles. The van der Waals surface area contributed by atoms with E-state index in [4.69, 9.17) is 16.6 Å². The van der Waals surface area contributed by atoms with Gasteiger partial charge >= 0.3 is 0 Å². The number of nitro groups is 1. The lowest BCUT2D eigenvalue weighted by atomic mass is 10.1. The summed E-state index contributed by atoms with van der Waals surface area (Å²) in [4.78, 5) is 37.3. The summed E-state index contributed by atoms with van der Waals surface area (Å²) in [6.07, 6.45) is 1.35. The lowest BCUT2D eigenvalue weighted by molar-refractivity contribution is -0.384. The number of nitrogens with one attached hydrogen (secondary N) is 1. The summed E-state index contributed by atoms with van der Waals surface area (Å²) in [5.74, 6) is -0.438. The highest BCUT2D eigenvalue weighted by Crippen LogP contribution is 2.30. The van der Waals surface area contributed by atoms with Crippen molar-refractivity contribution in [1.29, 1.82) is 0 Å². The summed E-state index contributed by atoms with van der Waals surface area (Å²) < 4.78 is 5.80. The molecule has 0 saturated carbocycles. The van der Waals surface area contributed by atoms with Crippen LogP contribution in [0.5, 0.6) is 0 Å². The van der Waals surface area contributed by atoms with Gasteiger partial charge in [0.25, 0.3) is 17.5 Å². The number of furan rings is 1. The molecule has 160 valence electrons. The van der Waals surface area contributed by atoms with Crippen LogP contribution in [0, 0.1) is 24.0 Å². The van der Waals surface area contributed by atoms with Gasteiger partial charge in [-0.15, -0.1) is 0 Å². The molecule has 1 aliphatic heterocycles. The van der Waals surface area contributed by atoms with E-state index in [0.29, 0.717) is 22.6 Å². The van der Waals surface area contributed by atoms with Crippen LogP contribution in [-0.4, -0.2) is 21.9 Å². The Kier molecular flexibility index (Phi) is 5.41. The molecule has 0 radical (unpaired) electrons. The number of non-ortho nitro benzene ring substituents is 1. The Labute approximate surface area is 188 Å². The molecule has 9 heteroatoms. The Hall–Kier alpha value is -4.11. The number of rotatable bonds is 4. The molecule has 8 nitrogen and oxygen atoms in total. The smallest absolute Gasteiger partial charge is 0.270 e. The van der Waals surface area contributed by atoms with Gasteiger partial charge in [-0.2, -0.15) is 0 Å². The standard InChI is InChI=1S/C23H17N3O5S/c1-13-3-5-15(6-4-13)25-22(28)19(21(27)24-23(25)32)12-17-8-10-20(31-17)18-9-7-16(26(29)30)11-14(18)2/h3-12H,1-2H3,(H,24,27,32)/b19-12-. The van der Waals surface area contributed by atoms with Crippen molar-refractivity contribution < 1.29 is 18.9 Å². The summed E-state index contributed by atoms with van der Waals surface area (Å²) in [6, 6.07) is 14.9. The molecule has 1 aliphatic rings. The molecule has 0 unspecified atom stereocenters. The van der Waals surface area contributed by atoms with Gasteiger partial charge < -0.3 is 4.42 Å². The second-order valence-corrected chi connectivity index (χ2v) is 7.64. The third kappa shape index (κ3) is 3.93. The van der Waals surface area contributed by atoms with Crippen molar-refractivity contribution in [2.75, 3.05) is 4.90 Å². The molecule has 0 bridgehead atoms. The highest BCUT2D eigenvalue weighted by Gasteiger charge is 2.34. The van der Waals surface area contributed by atoms with E-state index in [1.807, 2.05) is 19.1 Å². The van der Waals surface area contributed by atoms with Crippen LogP contribution in [0.4, 0.5) is 11.4 Å². The number of aryl methyl sites for hydroxylation is 2. The van der Waals surface area contributed by atoms with Crippen LogP contribution in [0.3, 0.4) is 0 Å². The number of hydrogen-bond donors (Lipinski definition) is 1. The van der Waals surface area contributed by atoms with Crippen molar-refractivity contribution in [2.24, 2.45) is 0 Å². The molecule has 1 saturated heterocycles. The largest absolute Gasteiger partial charge is 0.457 e. The zero-order valence-electron chi connectivity index (χ0n) is 17.1. The van der Waals surface area contributed by atoms with Gasteiger partial charge in [0.2, 0.25) is 0 Å². The Morgan fingerprint density at radius 3 is 2.44 bits per heavy atom. The fourth-order valence-corrected chi connectivity index (χ4v) is 3.62. The fraction of sp³-hybridized carbons (Fsp3) is 0.0870. The van der Waals surface area contributed by atoms with Crippen LogP contribution in [0.2, 0.25) is 0 Å². The lowest BCUT2D eigenvalue weighted by Crippen LogP contribution is -2.54. The van der Waals surface area contributed by atoms with Gasteiger partial charge in [-0.3, -0.25) is 29.9 Å². The second kappa shape index (κ2) is 8.20. The first-order chi connectivity index (χ1) is 15.2. The summed E-state index contributed by atoms with van der Waals surface area (Å²) in [5.41, 5.74) is 2.75. The van der Waals surface area contributed by atoms with Crippen LogP contribution in [0.25, 0.3) is 17.4 Å². The fourth-order valence-electron chi connectivity index (χ4n) is 3.34. The zero-order chi connectivity index (χ0) is 23.0. The van der Waals surface area contributed by atoms with E-state index in [1.165, 1.54) is 23.1 Å². The molecule has 3 aromatic rings. The minimum absolute atomic E-state index is 0.00245. The number of carbonyl (C=O) groups excluding carboxylic acids is 2. The van der Waals surface area contributed by atoms with E-state index in [-0.39, 0.29) is 22.1 Å². The molecule has 2 amide bonds. The minimum atomic E-state index is -0.618. The number of anilines is 1.